The smallest absolute Gasteiger partial charge is 0.332 e. The molecule has 0 N–H and O–H groups in total. The molecule has 3 nitrogen and oxygen atoms in total. The predicted octanol–water partition coefficient (Wildman–Crippen LogP) is 3.35. The molecule has 23 heavy (non-hydrogen) atoms. The third-order valence-electron chi connectivity index (χ3n) is 4.80. The molecule has 116 valence electrons. The van der Waals surface area contributed by atoms with Crippen LogP contribution in [0.25, 0.3) is 0 Å². The number of ether oxygens (including phenoxy) is 1. The third-order valence-corrected chi connectivity index (χ3v) is 4.80. The maximum absolute atomic E-state index is 12.4. The molecule has 0 saturated carbocycles. The van der Waals surface area contributed by atoms with Gasteiger partial charge in [-0.1, -0.05) is 54.6 Å². The SMILES string of the molecule is C[C@@]12CCc3ccccc3C1=NC(Cc1ccccc1)C(=O)O2. The summed E-state index contributed by atoms with van der Waals surface area (Å²) in [5.41, 5.74) is 3.87. The molecule has 0 bridgehead atoms. The highest BCUT2D eigenvalue weighted by molar-refractivity contribution is 6.11. The number of aryl methyl sites for hydroxylation is 1. The fourth-order valence-electron chi connectivity index (χ4n) is 3.52. The summed E-state index contributed by atoms with van der Waals surface area (Å²) in [6, 6.07) is 17.8. The van der Waals surface area contributed by atoms with Crippen molar-refractivity contribution in [3.05, 3.63) is 71.3 Å². The van der Waals surface area contributed by atoms with E-state index in [0.29, 0.717) is 6.42 Å². The Morgan fingerprint density at radius 3 is 2.70 bits per heavy atom. The van der Waals surface area contributed by atoms with Crippen molar-refractivity contribution < 1.29 is 9.53 Å². The van der Waals surface area contributed by atoms with Crippen LogP contribution >= 0.6 is 0 Å². The molecule has 1 aliphatic heterocycles. The highest BCUT2D eigenvalue weighted by Crippen LogP contribution is 2.35. The molecular formula is C20H19NO2. The summed E-state index contributed by atoms with van der Waals surface area (Å²) in [6.45, 7) is 1.98. The van der Waals surface area contributed by atoms with E-state index in [-0.39, 0.29) is 5.97 Å². The molecule has 2 aromatic carbocycles. The van der Waals surface area contributed by atoms with E-state index in [1.165, 1.54) is 5.56 Å². The summed E-state index contributed by atoms with van der Waals surface area (Å²) in [7, 11) is 0. The van der Waals surface area contributed by atoms with Crippen LogP contribution in [0.1, 0.15) is 30.0 Å². The lowest BCUT2D eigenvalue weighted by molar-refractivity contribution is -0.156. The number of carbonyl (C=O) groups is 1. The fourth-order valence-corrected chi connectivity index (χ4v) is 3.52. The summed E-state index contributed by atoms with van der Waals surface area (Å²) in [6.07, 6.45) is 2.30. The van der Waals surface area contributed by atoms with Crippen LogP contribution in [0.4, 0.5) is 0 Å². The number of fused-ring (bicyclic) bond motifs is 3. The largest absolute Gasteiger partial charge is 0.451 e. The van der Waals surface area contributed by atoms with Crippen molar-refractivity contribution in [2.24, 2.45) is 4.99 Å². The first kappa shape index (κ1) is 14.2. The van der Waals surface area contributed by atoms with Crippen LogP contribution in [0.5, 0.6) is 0 Å². The third kappa shape index (κ3) is 2.46. The van der Waals surface area contributed by atoms with Crippen LogP contribution < -0.4 is 0 Å². The van der Waals surface area contributed by atoms with E-state index in [0.717, 1.165) is 29.7 Å². The number of hydrogen-bond acceptors (Lipinski definition) is 3. The molecule has 1 unspecified atom stereocenters. The molecule has 4 rings (SSSR count). The second kappa shape index (κ2) is 5.34. The molecule has 3 heteroatoms. The summed E-state index contributed by atoms with van der Waals surface area (Å²) < 4.78 is 5.85. The number of rotatable bonds is 2. The second-order valence-electron chi connectivity index (χ2n) is 6.49. The van der Waals surface area contributed by atoms with E-state index in [1.807, 2.05) is 43.3 Å². The first-order valence-corrected chi connectivity index (χ1v) is 8.09. The lowest BCUT2D eigenvalue weighted by atomic mass is 9.78. The number of nitrogens with zero attached hydrogens (tertiary/aromatic N) is 1. The van der Waals surface area contributed by atoms with Crippen molar-refractivity contribution >= 4 is 11.7 Å². The van der Waals surface area contributed by atoms with Gasteiger partial charge in [0.05, 0.1) is 5.71 Å². The number of carbonyl (C=O) groups excluding carboxylic acids is 1. The van der Waals surface area contributed by atoms with Gasteiger partial charge in [-0.25, -0.2) is 4.79 Å². The molecule has 2 aromatic rings. The van der Waals surface area contributed by atoms with Crippen molar-refractivity contribution in [2.45, 2.75) is 37.8 Å². The number of aliphatic imine (C=N–C) groups is 1. The maximum Gasteiger partial charge on any atom is 0.332 e. The molecule has 0 aromatic heterocycles. The van der Waals surface area contributed by atoms with Crippen LogP contribution in [0.15, 0.2) is 59.6 Å². The number of hydrogen-bond donors (Lipinski definition) is 0. The van der Waals surface area contributed by atoms with E-state index < -0.39 is 11.6 Å². The normalized spacial score (nSPS) is 25.9. The van der Waals surface area contributed by atoms with Gasteiger partial charge in [0.25, 0.3) is 0 Å². The highest BCUT2D eigenvalue weighted by atomic mass is 16.6. The topological polar surface area (TPSA) is 38.7 Å². The molecular weight excluding hydrogens is 286 g/mol. The number of benzene rings is 2. The molecule has 1 aliphatic carbocycles. The van der Waals surface area contributed by atoms with E-state index in [4.69, 9.17) is 9.73 Å². The summed E-state index contributed by atoms with van der Waals surface area (Å²) >= 11 is 0. The monoisotopic (exact) mass is 305 g/mol. The molecule has 0 saturated heterocycles. The molecule has 2 aliphatic rings. The minimum Gasteiger partial charge on any atom is -0.451 e. The average Bonchev–Trinajstić information content (AvgIpc) is 2.57. The van der Waals surface area contributed by atoms with E-state index in [2.05, 4.69) is 18.2 Å². The van der Waals surface area contributed by atoms with Crippen LogP contribution in [-0.4, -0.2) is 23.3 Å². The lowest BCUT2D eigenvalue weighted by Gasteiger charge is -2.40. The molecule has 0 spiro atoms. The molecule has 0 fully saturated rings. The molecule has 1 heterocycles. The van der Waals surface area contributed by atoms with E-state index in [9.17, 15) is 4.79 Å². The quantitative estimate of drug-likeness (QED) is 0.798. The van der Waals surface area contributed by atoms with Crippen molar-refractivity contribution in [1.29, 1.82) is 0 Å². The first-order valence-electron chi connectivity index (χ1n) is 8.09. The zero-order valence-electron chi connectivity index (χ0n) is 13.2. The Morgan fingerprint density at radius 2 is 1.87 bits per heavy atom. The standard InChI is InChI=1S/C20H19NO2/c1-20-12-11-15-9-5-6-10-16(15)18(20)21-17(19(22)23-20)13-14-7-3-2-4-8-14/h2-10,17H,11-13H2,1H3/t17?,20-/m1/s1. The van der Waals surface area contributed by atoms with Crippen molar-refractivity contribution in [2.75, 3.05) is 0 Å². The van der Waals surface area contributed by atoms with Gasteiger partial charge in [-0.15, -0.1) is 0 Å². The zero-order chi connectivity index (χ0) is 15.9. The predicted molar refractivity (Wildman–Crippen MR) is 89.7 cm³/mol. The Bertz CT molecular complexity index is 781. The van der Waals surface area contributed by atoms with E-state index in [1.54, 1.807) is 0 Å². The van der Waals surface area contributed by atoms with Crippen molar-refractivity contribution in [1.82, 2.24) is 0 Å². The molecule has 0 radical (unpaired) electrons. The summed E-state index contributed by atoms with van der Waals surface area (Å²) in [5, 5.41) is 0. The Balaban J connectivity index is 1.74. The molecule has 2 atom stereocenters. The number of esters is 1. The average molecular weight is 305 g/mol. The van der Waals surface area contributed by atoms with E-state index >= 15 is 0 Å². The fraction of sp³-hybridized carbons (Fsp3) is 0.300. The second-order valence-corrected chi connectivity index (χ2v) is 6.49. The summed E-state index contributed by atoms with van der Waals surface area (Å²) in [5.74, 6) is -0.209. The Kier molecular flexibility index (Phi) is 3.29. The zero-order valence-corrected chi connectivity index (χ0v) is 13.2. The van der Waals surface area contributed by atoms with Crippen molar-refractivity contribution in [3.63, 3.8) is 0 Å². The maximum atomic E-state index is 12.4. The van der Waals surface area contributed by atoms with Gasteiger partial charge in [0.2, 0.25) is 0 Å². The van der Waals surface area contributed by atoms with Crippen LogP contribution in [0.2, 0.25) is 0 Å². The van der Waals surface area contributed by atoms with Crippen LogP contribution in [0, 0.1) is 0 Å². The minimum atomic E-state index is -0.585. The van der Waals surface area contributed by atoms with Gasteiger partial charge in [-0.3, -0.25) is 4.99 Å². The van der Waals surface area contributed by atoms with Gasteiger partial charge in [0.1, 0.15) is 0 Å². The Hall–Kier alpha value is -2.42. The first-order chi connectivity index (χ1) is 11.2. The summed E-state index contributed by atoms with van der Waals surface area (Å²) in [4.78, 5) is 17.3. The van der Waals surface area contributed by atoms with Gasteiger partial charge in [0, 0.05) is 12.0 Å². The van der Waals surface area contributed by atoms with Gasteiger partial charge >= 0.3 is 5.97 Å². The Morgan fingerprint density at radius 1 is 1.13 bits per heavy atom. The Labute approximate surface area is 136 Å². The van der Waals surface area contributed by atoms with Gasteiger partial charge in [-0.2, -0.15) is 0 Å². The minimum absolute atomic E-state index is 0.209. The van der Waals surface area contributed by atoms with Gasteiger partial charge in [0.15, 0.2) is 11.6 Å². The van der Waals surface area contributed by atoms with Crippen molar-refractivity contribution in [3.8, 4) is 0 Å². The highest BCUT2D eigenvalue weighted by Gasteiger charge is 2.45. The lowest BCUT2D eigenvalue weighted by Crippen LogP contribution is -2.51. The molecule has 0 amide bonds. The van der Waals surface area contributed by atoms with Gasteiger partial charge in [-0.05, 0) is 30.9 Å². The van der Waals surface area contributed by atoms with Crippen LogP contribution in [-0.2, 0) is 22.4 Å². The van der Waals surface area contributed by atoms with Gasteiger partial charge < -0.3 is 4.74 Å². The van der Waals surface area contributed by atoms with Crippen LogP contribution in [0.3, 0.4) is 0 Å².